The van der Waals surface area contributed by atoms with Gasteiger partial charge in [0, 0.05) is 38.4 Å². The summed E-state index contributed by atoms with van der Waals surface area (Å²) in [6, 6.07) is 12.4. The van der Waals surface area contributed by atoms with Gasteiger partial charge in [-0.15, -0.1) is 0 Å². The second-order valence-corrected chi connectivity index (χ2v) is 7.04. The van der Waals surface area contributed by atoms with Gasteiger partial charge in [0.15, 0.2) is 0 Å². The fourth-order valence-electron chi connectivity index (χ4n) is 3.25. The molecule has 0 saturated carbocycles. The van der Waals surface area contributed by atoms with Gasteiger partial charge in [0.1, 0.15) is 5.82 Å². The lowest BCUT2D eigenvalue weighted by Crippen LogP contribution is -2.48. The number of amides is 1. The molecular formula is C21H26FN3O. The van der Waals surface area contributed by atoms with Gasteiger partial charge in [0.05, 0.1) is 6.54 Å². The van der Waals surface area contributed by atoms with E-state index in [4.69, 9.17) is 0 Å². The van der Waals surface area contributed by atoms with Crippen LogP contribution in [0.25, 0.3) is 0 Å². The molecule has 0 bridgehead atoms. The normalized spacial score (nSPS) is 15.8. The first-order valence-electron chi connectivity index (χ1n) is 9.06. The third-order valence-corrected chi connectivity index (χ3v) is 4.86. The molecule has 0 radical (unpaired) electrons. The number of aryl methyl sites for hydroxylation is 2. The quantitative estimate of drug-likeness (QED) is 0.895. The lowest BCUT2D eigenvalue weighted by molar-refractivity contribution is -0.117. The van der Waals surface area contributed by atoms with Crippen molar-refractivity contribution >= 4 is 11.6 Å². The minimum atomic E-state index is -0.303. The van der Waals surface area contributed by atoms with E-state index in [1.54, 1.807) is 12.1 Å². The molecule has 0 aromatic heterocycles. The summed E-state index contributed by atoms with van der Waals surface area (Å²) in [6.07, 6.45) is 0. The lowest BCUT2D eigenvalue weighted by Gasteiger charge is -2.34. The van der Waals surface area contributed by atoms with Crippen molar-refractivity contribution in [3.05, 3.63) is 65.0 Å². The maximum atomic E-state index is 12.9. The lowest BCUT2D eigenvalue weighted by atomic mass is 10.0. The van der Waals surface area contributed by atoms with E-state index in [9.17, 15) is 9.18 Å². The summed E-state index contributed by atoms with van der Waals surface area (Å²) in [7, 11) is 0. The average molecular weight is 355 g/mol. The van der Waals surface area contributed by atoms with Gasteiger partial charge < -0.3 is 5.32 Å². The van der Waals surface area contributed by atoms with E-state index in [1.165, 1.54) is 28.8 Å². The predicted octanol–water partition coefficient (Wildman–Crippen LogP) is 3.20. The Morgan fingerprint density at radius 2 is 1.65 bits per heavy atom. The van der Waals surface area contributed by atoms with E-state index in [1.807, 2.05) is 0 Å². The molecule has 5 heteroatoms. The van der Waals surface area contributed by atoms with E-state index in [0.29, 0.717) is 12.2 Å². The maximum absolute atomic E-state index is 12.9. The first-order chi connectivity index (χ1) is 12.5. The van der Waals surface area contributed by atoms with Crippen LogP contribution in [-0.2, 0) is 11.3 Å². The summed E-state index contributed by atoms with van der Waals surface area (Å²) in [6.45, 7) is 9.28. The van der Waals surface area contributed by atoms with Crippen molar-refractivity contribution in [2.45, 2.75) is 20.4 Å². The summed E-state index contributed by atoms with van der Waals surface area (Å²) in [5.41, 5.74) is 4.64. The van der Waals surface area contributed by atoms with Gasteiger partial charge in [-0.05, 0) is 49.2 Å². The molecule has 1 aliphatic heterocycles. The van der Waals surface area contributed by atoms with Gasteiger partial charge in [-0.2, -0.15) is 0 Å². The van der Waals surface area contributed by atoms with Crippen LogP contribution < -0.4 is 5.32 Å². The van der Waals surface area contributed by atoms with Gasteiger partial charge in [-0.1, -0.05) is 23.8 Å². The van der Waals surface area contributed by atoms with Gasteiger partial charge in [-0.3, -0.25) is 14.6 Å². The predicted molar refractivity (Wildman–Crippen MR) is 103 cm³/mol. The highest BCUT2D eigenvalue weighted by Crippen LogP contribution is 2.15. The summed E-state index contributed by atoms with van der Waals surface area (Å²) < 4.78 is 12.9. The van der Waals surface area contributed by atoms with Gasteiger partial charge in [-0.25, -0.2) is 4.39 Å². The molecule has 138 valence electrons. The third-order valence-electron chi connectivity index (χ3n) is 4.86. The zero-order chi connectivity index (χ0) is 18.5. The van der Waals surface area contributed by atoms with Crippen LogP contribution in [0.2, 0.25) is 0 Å². The van der Waals surface area contributed by atoms with Crippen molar-refractivity contribution in [2.24, 2.45) is 0 Å². The van der Waals surface area contributed by atoms with Crippen LogP contribution >= 0.6 is 0 Å². The summed E-state index contributed by atoms with van der Waals surface area (Å²) >= 11 is 0. The SMILES string of the molecule is Cc1ccc(C)c(CN2CCN(CC(=O)Nc3ccc(F)cc3)CC2)c1. The highest BCUT2D eigenvalue weighted by atomic mass is 19.1. The van der Waals surface area contributed by atoms with E-state index < -0.39 is 0 Å². The molecule has 0 aliphatic carbocycles. The molecule has 1 aliphatic rings. The third kappa shape index (κ3) is 5.13. The number of halogens is 1. The first-order valence-corrected chi connectivity index (χ1v) is 9.06. The number of rotatable bonds is 5. The zero-order valence-electron chi connectivity index (χ0n) is 15.5. The van der Waals surface area contributed by atoms with Crippen molar-refractivity contribution in [3.63, 3.8) is 0 Å². The number of nitrogens with zero attached hydrogens (tertiary/aromatic N) is 2. The van der Waals surface area contributed by atoms with Crippen molar-refractivity contribution in [1.82, 2.24) is 9.80 Å². The summed E-state index contributed by atoms with van der Waals surface area (Å²) in [5, 5.41) is 2.82. The molecule has 1 N–H and O–H groups in total. The van der Waals surface area contributed by atoms with Crippen molar-refractivity contribution in [3.8, 4) is 0 Å². The smallest absolute Gasteiger partial charge is 0.238 e. The van der Waals surface area contributed by atoms with Gasteiger partial charge in [0.2, 0.25) is 5.91 Å². The number of carbonyl (C=O) groups excluding carboxylic acids is 1. The Bertz CT molecular complexity index is 752. The van der Waals surface area contributed by atoms with E-state index in [2.05, 4.69) is 47.2 Å². The molecule has 2 aromatic carbocycles. The van der Waals surface area contributed by atoms with Crippen LogP contribution in [0.5, 0.6) is 0 Å². The van der Waals surface area contributed by atoms with Crippen LogP contribution in [0.4, 0.5) is 10.1 Å². The fraction of sp³-hybridized carbons (Fsp3) is 0.381. The minimum Gasteiger partial charge on any atom is -0.325 e. The molecule has 4 nitrogen and oxygen atoms in total. The molecule has 26 heavy (non-hydrogen) atoms. The van der Waals surface area contributed by atoms with Crippen LogP contribution in [0.1, 0.15) is 16.7 Å². The molecule has 2 aromatic rings. The Kier molecular flexibility index (Phi) is 6.01. The van der Waals surface area contributed by atoms with Crippen molar-refractivity contribution in [1.29, 1.82) is 0 Å². The molecule has 1 saturated heterocycles. The highest BCUT2D eigenvalue weighted by Gasteiger charge is 2.19. The largest absolute Gasteiger partial charge is 0.325 e. The van der Waals surface area contributed by atoms with Gasteiger partial charge in [0.25, 0.3) is 0 Å². The number of carbonyl (C=O) groups is 1. The Labute approximate surface area is 154 Å². The van der Waals surface area contributed by atoms with Crippen molar-refractivity contribution in [2.75, 3.05) is 38.0 Å². The Balaban J connectivity index is 1.45. The standard InChI is InChI=1S/C21H26FN3O/c1-16-3-4-17(2)18(13-16)14-24-9-11-25(12-10-24)15-21(26)23-20-7-5-19(22)6-8-20/h3-8,13H,9-12,14-15H2,1-2H3,(H,23,26). The number of nitrogens with one attached hydrogen (secondary N) is 1. The van der Waals surface area contributed by atoms with E-state index in [0.717, 1.165) is 32.7 Å². The number of hydrogen-bond donors (Lipinski definition) is 1. The second-order valence-electron chi connectivity index (χ2n) is 7.04. The average Bonchev–Trinajstić information content (AvgIpc) is 2.62. The molecule has 0 atom stereocenters. The fourth-order valence-corrected chi connectivity index (χ4v) is 3.25. The minimum absolute atomic E-state index is 0.0559. The molecular weight excluding hydrogens is 329 g/mol. The molecule has 3 rings (SSSR count). The van der Waals surface area contributed by atoms with Crippen LogP contribution in [0.15, 0.2) is 42.5 Å². The molecule has 1 heterocycles. The molecule has 1 fully saturated rings. The van der Waals surface area contributed by atoms with E-state index >= 15 is 0 Å². The number of anilines is 1. The van der Waals surface area contributed by atoms with E-state index in [-0.39, 0.29) is 11.7 Å². The number of piperazine rings is 1. The Hall–Kier alpha value is -2.24. The second kappa shape index (κ2) is 8.43. The summed E-state index contributed by atoms with van der Waals surface area (Å²) in [4.78, 5) is 16.8. The van der Waals surface area contributed by atoms with Crippen LogP contribution in [-0.4, -0.2) is 48.4 Å². The maximum Gasteiger partial charge on any atom is 0.238 e. The molecule has 1 amide bonds. The first kappa shape index (κ1) is 18.5. The van der Waals surface area contributed by atoms with Crippen LogP contribution in [0.3, 0.4) is 0 Å². The van der Waals surface area contributed by atoms with Gasteiger partial charge >= 0.3 is 0 Å². The topological polar surface area (TPSA) is 35.6 Å². The van der Waals surface area contributed by atoms with Crippen LogP contribution in [0, 0.1) is 19.7 Å². The Morgan fingerprint density at radius 3 is 2.35 bits per heavy atom. The monoisotopic (exact) mass is 355 g/mol. The molecule has 0 spiro atoms. The van der Waals surface area contributed by atoms with Crippen molar-refractivity contribution < 1.29 is 9.18 Å². The Morgan fingerprint density at radius 1 is 1.00 bits per heavy atom. The summed E-state index contributed by atoms with van der Waals surface area (Å²) in [5.74, 6) is -0.359. The zero-order valence-corrected chi connectivity index (χ0v) is 15.5. The number of benzene rings is 2. The molecule has 0 unspecified atom stereocenters. The highest BCUT2D eigenvalue weighted by molar-refractivity contribution is 5.92. The number of hydrogen-bond acceptors (Lipinski definition) is 3.